The fraction of sp³-hybridized carbons (Fsp3) is 1.00. The standard InChI is InChI=1S/C8H7F11O4/c9-4(10,3-21-2-1-20)22-7(16,17)8(18,19)23-6(14,15)5(11,12)13/h20H,1-3H2. The smallest absolute Gasteiger partial charge is 0.394 e. The van der Waals surface area contributed by atoms with Crippen LogP contribution in [0.5, 0.6) is 0 Å². The van der Waals surface area contributed by atoms with Crippen molar-refractivity contribution in [2.45, 2.75) is 30.6 Å². The van der Waals surface area contributed by atoms with E-state index in [9.17, 15) is 48.3 Å². The summed E-state index contributed by atoms with van der Waals surface area (Å²) in [5.74, 6) is 0. The van der Waals surface area contributed by atoms with E-state index in [4.69, 9.17) is 5.11 Å². The van der Waals surface area contributed by atoms with Crippen molar-refractivity contribution in [1.29, 1.82) is 0 Å². The quantitative estimate of drug-likeness (QED) is 0.497. The summed E-state index contributed by atoms with van der Waals surface area (Å²) >= 11 is 0. The number of alkyl halides is 11. The lowest BCUT2D eigenvalue weighted by molar-refractivity contribution is -0.537. The van der Waals surface area contributed by atoms with Crippen LogP contribution >= 0.6 is 0 Å². The van der Waals surface area contributed by atoms with E-state index in [1.807, 2.05) is 0 Å². The molecule has 0 heterocycles. The van der Waals surface area contributed by atoms with Gasteiger partial charge >= 0.3 is 30.6 Å². The molecule has 0 saturated carbocycles. The highest BCUT2D eigenvalue weighted by Gasteiger charge is 2.72. The van der Waals surface area contributed by atoms with E-state index < -0.39 is 50.4 Å². The van der Waals surface area contributed by atoms with E-state index in [1.165, 1.54) is 0 Å². The van der Waals surface area contributed by atoms with Gasteiger partial charge < -0.3 is 9.84 Å². The molecule has 0 bridgehead atoms. The van der Waals surface area contributed by atoms with Gasteiger partial charge in [0, 0.05) is 0 Å². The molecule has 23 heavy (non-hydrogen) atoms. The zero-order chi connectivity index (χ0) is 18.7. The zero-order valence-corrected chi connectivity index (χ0v) is 10.5. The van der Waals surface area contributed by atoms with Crippen LogP contribution in [0.3, 0.4) is 0 Å². The predicted octanol–water partition coefficient (Wildman–Crippen LogP) is 2.96. The summed E-state index contributed by atoms with van der Waals surface area (Å²) in [6.45, 7) is -3.86. The molecule has 4 nitrogen and oxygen atoms in total. The molecule has 0 fully saturated rings. The van der Waals surface area contributed by atoms with E-state index in [0.29, 0.717) is 0 Å². The van der Waals surface area contributed by atoms with Crippen molar-refractivity contribution in [3.8, 4) is 0 Å². The van der Waals surface area contributed by atoms with Crippen LogP contribution in [-0.4, -0.2) is 55.5 Å². The van der Waals surface area contributed by atoms with E-state index in [0.717, 1.165) is 0 Å². The van der Waals surface area contributed by atoms with E-state index in [1.54, 1.807) is 4.74 Å². The summed E-state index contributed by atoms with van der Waals surface area (Å²) in [4.78, 5) is 0. The van der Waals surface area contributed by atoms with Gasteiger partial charge in [0.2, 0.25) is 0 Å². The van der Waals surface area contributed by atoms with Crippen molar-refractivity contribution in [1.82, 2.24) is 0 Å². The van der Waals surface area contributed by atoms with Crippen molar-refractivity contribution in [2.75, 3.05) is 19.8 Å². The second kappa shape index (κ2) is 6.90. The summed E-state index contributed by atoms with van der Waals surface area (Å²) in [7, 11) is 0. The second-order valence-corrected chi connectivity index (χ2v) is 3.67. The molecule has 0 unspecified atom stereocenters. The Balaban J connectivity index is 5.09. The summed E-state index contributed by atoms with van der Waals surface area (Å²) < 4.78 is 143. The molecule has 0 rings (SSSR count). The van der Waals surface area contributed by atoms with Gasteiger partial charge in [-0.3, -0.25) is 0 Å². The van der Waals surface area contributed by atoms with Crippen LogP contribution < -0.4 is 0 Å². The molecule has 1 N–H and O–H groups in total. The van der Waals surface area contributed by atoms with Crippen LogP contribution in [0.25, 0.3) is 0 Å². The van der Waals surface area contributed by atoms with Crippen LogP contribution in [0.1, 0.15) is 0 Å². The average Bonchev–Trinajstić information content (AvgIpc) is 2.23. The monoisotopic (exact) mass is 376 g/mol. The van der Waals surface area contributed by atoms with Gasteiger partial charge in [0.1, 0.15) is 6.61 Å². The summed E-state index contributed by atoms with van der Waals surface area (Å²) in [6.07, 6.45) is -32.2. The minimum absolute atomic E-state index is 0.858. The first-order valence-electron chi connectivity index (χ1n) is 5.14. The third kappa shape index (κ3) is 6.23. The van der Waals surface area contributed by atoms with Crippen LogP contribution in [0, 0.1) is 0 Å². The van der Waals surface area contributed by atoms with Crippen molar-refractivity contribution >= 4 is 0 Å². The molecular formula is C8H7F11O4. The highest BCUT2D eigenvalue weighted by atomic mass is 19.4. The highest BCUT2D eigenvalue weighted by Crippen LogP contribution is 2.47. The first kappa shape index (κ1) is 22.1. The topological polar surface area (TPSA) is 47.9 Å². The minimum atomic E-state index is -6.82. The van der Waals surface area contributed by atoms with Gasteiger partial charge in [0.05, 0.1) is 13.2 Å². The summed E-state index contributed by atoms with van der Waals surface area (Å²) in [5.41, 5.74) is 0. The fourth-order valence-electron chi connectivity index (χ4n) is 0.810. The van der Waals surface area contributed by atoms with Gasteiger partial charge in [0.15, 0.2) is 0 Å². The van der Waals surface area contributed by atoms with Crippen molar-refractivity contribution in [2.24, 2.45) is 0 Å². The first-order chi connectivity index (χ1) is 9.97. The fourth-order valence-corrected chi connectivity index (χ4v) is 0.810. The average molecular weight is 376 g/mol. The number of aliphatic hydroxyl groups is 1. The van der Waals surface area contributed by atoms with Crippen LogP contribution in [0.15, 0.2) is 0 Å². The molecule has 0 aliphatic carbocycles. The first-order valence-corrected chi connectivity index (χ1v) is 5.14. The maximum Gasteiger partial charge on any atom is 0.483 e. The normalized spacial score (nSPS) is 15.1. The van der Waals surface area contributed by atoms with Gasteiger partial charge in [-0.05, 0) is 0 Å². The highest BCUT2D eigenvalue weighted by molar-refractivity contribution is 4.75. The Kier molecular flexibility index (Phi) is 6.62. The molecule has 15 heteroatoms. The molecule has 140 valence electrons. The van der Waals surface area contributed by atoms with Crippen molar-refractivity contribution in [3.05, 3.63) is 0 Å². The molecule has 0 saturated heterocycles. The summed E-state index contributed by atoms with van der Waals surface area (Å²) in [6, 6.07) is 0. The Hall–Kier alpha value is -0.930. The van der Waals surface area contributed by atoms with Gasteiger partial charge in [0.25, 0.3) is 0 Å². The largest absolute Gasteiger partial charge is 0.483 e. The Morgan fingerprint density at radius 2 is 1.09 bits per heavy atom. The molecule has 0 atom stereocenters. The zero-order valence-electron chi connectivity index (χ0n) is 10.5. The SMILES string of the molecule is OCCOCC(F)(F)OC(F)(F)C(F)(F)OC(F)(F)C(F)(F)F. The van der Waals surface area contributed by atoms with E-state index >= 15 is 0 Å². The number of aliphatic hydroxyl groups excluding tert-OH is 1. The van der Waals surface area contributed by atoms with Crippen LogP contribution in [0.2, 0.25) is 0 Å². The maximum atomic E-state index is 12.7. The minimum Gasteiger partial charge on any atom is -0.394 e. The maximum absolute atomic E-state index is 12.7. The van der Waals surface area contributed by atoms with Crippen LogP contribution in [-0.2, 0) is 14.2 Å². The molecular weight excluding hydrogens is 369 g/mol. The Morgan fingerprint density at radius 3 is 1.48 bits per heavy atom. The molecule has 0 aromatic rings. The Labute approximate surface area is 119 Å². The molecule has 0 aromatic heterocycles. The van der Waals surface area contributed by atoms with Gasteiger partial charge in [-0.15, -0.1) is 0 Å². The Bertz CT molecular complexity index is 381. The summed E-state index contributed by atoms with van der Waals surface area (Å²) in [5, 5.41) is 8.14. The van der Waals surface area contributed by atoms with E-state index in [2.05, 4.69) is 9.47 Å². The van der Waals surface area contributed by atoms with Gasteiger partial charge in [-0.1, -0.05) is 0 Å². The number of ether oxygens (including phenoxy) is 3. The predicted molar refractivity (Wildman–Crippen MR) is 45.9 cm³/mol. The van der Waals surface area contributed by atoms with Crippen molar-refractivity contribution < 1.29 is 67.6 Å². The molecule has 0 aromatic carbocycles. The van der Waals surface area contributed by atoms with Crippen molar-refractivity contribution in [3.63, 3.8) is 0 Å². The lowest BCUT2D eigenvalue weighted by Gasteiger charge is -2.31. The molecule has 0 aliphatic rings. The van der Waals surface area contributed by atoms with Gasteiger partial charge in [-0.2, -0.15) is 48.3 Å². The molecule has 0 radical (unpaired) electrons. The Morgan fingerprint density at radius 1 is 0.652 bits per heavy atom. The third-order valence-electron chi connectivity index (χ3n) is 1.71. The molecule has 0 amide bonds. The third-order valence-corrected chi connectivity index (χ3v) is 1.71. The number of halogens is 11. The lowest BCUT2D eigenvalue weighted by Crippen LogP contribution is -2.55. The number of hydrogen-bond donors (Lipinski definition) is 1. The second-order valence-electron chi connectivity index (χ2n) is 3.67. The van der Waals surface area contributed by atoms with E-state index in [-0.39, 0.29) is 0 Å². The lowest BCUT2D eigenvalue weighted by atomic mass is 10.5. The van der Waals surface area contributed by atoms with Crippen LogP contribution in [0.4, 0.5) is 48.3 Å². The number of rotatable bonds is 9. The number of hydrogen-bond acceptors (Lipinski definition) is 4. The molecule has 0 spiro atoms. The van der Waals surface area contributed by atoms with Gasteiger partial charge in [-0.25, -0.2) is 9.47 Å². The molecule has 0 aliphatic heterocycles.